The third-order valence-corrected chi connectivity index (χ3v) is 6.71. The minimum atomic E-state index is -2.34. The van der Waals surface area contributed by atoms with Crippen molar-refractivity contribution < 1.29 is 13.3 Å². The van der Waals surface area contributed by atoms with Crippen molar-refractivity contribution in [2.45, 2.75) is 32.2 Å². The summed E-state index contributed by atoms with van der Waals surface area (Å²) >= 11 is 0. The molecule has 0 aliphatic carbocycles. The van der Waals surface area contributed by atoms with Gasteiger partial charge in [0.05, 0.1) is 0 Å². The first-order chi connectivity index (χ1) is 8.19. The number of rotatable bonds is 7. The lowest BCUT2D eigenvalue weighted by Gasteiger charge is -2.32. The standard InChI is InChI=1S/C12H27NO3Si/c1-5-13-9-6-12(7-10-13)8-11-17(14-2,15-3)16-4/h12H,5-11H2,1-4H3. The van der Waals surface area contributed by atoms with Crippen molar-refractivity contribution in [3.63, 3.8) is 0 Å². The second-order valence-electron chi connectivity index (χ2n) is 4.71. The summed E-state index contributed by atoms with van der Waals surface area (Å²) in [5.41, 5.74) is 0. The van der Waals surface area contributed by atoms with Gasteiger partial charge < -0.3 is 18.2 Å². The molecule has 0 bridgehead atoms. The van der Waals surface area contributed by atoms with Gasteiger partial charge in [0, 0.05) is 27.4 Å². The van der Waals surface area contributed by atoms with Gasteiger partial charge in [-0.2, -0.15) is 0 Å². The molecular weight excluding hydrogens is 234 g/mol. The molecule has 0 aromatic heterocycles. The monoisotopic (exact) mass is 261 g/mol. The lowest BCUT2D eigenvalue weighted by Crippen LogP contribution is -2.43. The zero-order valence-corrected chi connectivity index (χ0v) is 12.7. The molecule has 0 aromatic rings. The van der Waals surface area contributed by atoms with Crippen molar-refractivity contribution in [1.29, 1.82) is 0 Å². The van der Waals surface area contributed by atoms with Crippen LogP contribution >= 0.6 is 0 Å². The fourth-order valence-corrected chi connectivity index (χ4v) is 4.40. The molecule has 1 aliphatic heterocycles. The summed E-state index contributed by atoms with van der Waals surface area (Å²) in [5.74, 6) is 0.810. The third kappa shape index (κ3) is 4.33. The maximum atomic E-state index is 5.45. The molecule has 1 saturated heterocycles. The molecule has 4 nitrogen and oxygen atoms in total. The van der Waals surface area contributed by atoms with Gasteiger partial charge in [-0.05, 0) is 44.8 Å². The van der Waals surface area contributed by atoms with E-state index in [0.717, 1.165) is 12.0 Å². The number of nitrogens with zero attached hydrogens (tertiary/aromatic N) is 1. The van der Waals surface area contributed by atoms with E-state index in [1.807, 2.05) is 0 Å². The van der Waals surface area contributed by atoms with Gasteiger partial charge >= 0.3 is 8.80 Å². The topological polar surface area (TPSA) is 30.9 Å². The van der Waals surface area contributed by atoms with Crippen LogP contribution < -0.4 is 0 Å². The predicted molar refractivity (Wildman–Crippen MR) is 71.0 cm³/mol. The van der Waals surface area contributed by atoms with Crippen LogP contribution in [-0.4, -0.2) is 54.7 Å². The first kappa shape index (κ1) is 15.1. The van der Waals surface area contributed by atoms with Gasteiger partial charge in [-0.3, -0.25) is 0 Å². The Bertz CT molecular complexity index is 196. The molecule has 5 heteroatoms. The number of hydrogen-bond acceptors (Lipinski definition) is 4. The van der Waals surface area contributed by atoms with E-state index < -0.39 is 8.80 Å². The summed E-state index contributed by atoms with van der Waals surface area (Å²) in [4.78, 5) is 2.52. The first-order valence-electron chi connectivity index (χ1n) is 6.57. The van der Waals surface area contributed by atoms with Crippen molar-refractivity contribution in [2.75, 3.05) is 41.0 Å². The summed E-state index contributed by atoms with van der Waals surface area (Å²) in [7, 11) is 2.74. The Labute approximate surface area is 107 Å². The summed E-state index contributed by atoms with van der Waals surface area (Å²) < 4.78 is 16.4. The molecule has 1 heterocycles. The summed E-state index contributed by atoms with van der Waals surface area (Å²) in [6.07, 6.45) is 3.77. The Morgan fingerprint density at radius 2 is 1.59 bits per heavy atom. The highest BCUT2D eigenvalue weighted by Gasteiger charge is 2.38. The summed E-state index contributed by atoms with van der Waals surface area (Å²) in [5, 5.41) is 0. The molecular formula is C12H27NO3Si. The first-order valence-corrected chi connectivity index (χ1v) is 8.50. The summed E-state index contributed by atoms with van der Waals surface area (Å²) in [6, 6.07) is 0.938. The normalized spacial score (nSPS) is 19.8. The number of piperidine rings is 1. The Kier molecular flexibility index (Phi) is 6.65. The highest BCUT2D eigenvalue weighted by atomic mass is 28.4. The van der Waals surface area contributed by atoms with Crippen LogP contribution in [0.2, 0.25) is 6.04 Å². The smallest absolute Gasteiger partial charge is 0.377 e. The van der Waals surface area contributed by atoms with Crippen LogP contribution in [0.1, 0.15) is 26.2 Å². The molecule has 102 valence electrons. The molecule has 1 aliphatic rings. The van der Waals surface area contributed by atoms with Crippen molar-refractivity contribution in [3.8, 4) is 0 Å². The predicted octanol–water partition coefficient (Wildman–Crippen LogP) is 1.99. The quantitative estimate of drug-likeness (QED) is 0.656. The van der Waals surface area contributed by atoms with E-state index in [4.69, 9.17) is 13.3 Å². The van der Waals surface area contributed by atoms with Gasteiger partial charge in [-0.1, -0.05) is 6.92 Å². The second kappa shape index (κ2) is 7.48. The maximum Gasteiger partial charge on any atom is 0.500 e. The van der Waals surface area contributed by atoms with Gasteiger partial charge in [0.2, 0.25) is 0 Å². The van der Waals surface area contributed by atoms with Crippen LogP contribution in [0.5, 0.6) is 0 Å². The minimum Gasteiger partial charge on any atom is -0.377 e. The van der Waals surface area contributed by atoms with Crippen molar-refractivity contribution in [3.05, 3.63) is 0 Å². The van der Waals surface area contributed by atoms with Crippen LogP contribution in [0, 0.1) is 5.92 Å². The third-order valence-electron chi connectivity index (χ3n) is 3.95. The van der Waals surface area contributed by atoms with Gasteiger partial charge in [0.15, 0.2) is 0 Å². The molecule has 0 N–H and O–H groups in total. The van der Waals surface area contributed by atoms with E-state index in [2.05, 4.69) is 11.8 Å². The van der Waals surface area contributed by atoms with Gasteiger partial charge in [0.25, 0.3) is 0 Å². The van der Waals surface area contributed by atoms with Gasteiger partial charge in [-0.25, -0.2) is 0 Å². The SMILES string of the molecule is CCN1CCC(CC[Si](OC)(OC)OC)CC1. The largest absolute Gasteiger partial charge is 0.500 e. The maximum absolute atomic E-state index is 5.45. The Balaban J connectivity index is 2.31. The van der Waals surface area contributed by atoms with Crippen LogP contribution in [0.25, 0.3) is 0 Å². The zero-order chi connectivity index (χ0) is 12.7. The van der Waals surface area contributed by atoms with E-state index >= 15 is 0 Å². The van der Waals surface area contributed by atoms with E-state index in [-0.39, 0.29) is 0 Å². The van der Waals surface area contributed by atoms with Crippen LogP contribution in [-0.2, 0) is 13.3 Å². The molecule has 0 aromatic carbocycles. The molecule has 0 amide bonds. The van der Waals surface area contributed by atoms with Crippen LogP contribution in [0.3, 0.4) is 0 Å². The lowest BCUT2D eigenvalue weighted by molar-refractivity contribution is 0.117. The van der Waals surface area contributed by atoms with Crippen molar-refractivity contribution >= 4 is 8.80 Å². The molecule has 17 heavy (non-hydrogen) atoms. The fourth-order valence-electron chi connectivity index (χ4n) is 2.53. The molecule has 0 radical (unpaired) electrons. The van der Waals surface area contributed by atoms with E-state index in [9.17, 15) is 0 Å². The number of likely N-dealkylation sites (tertiary alicyclic amines) is 1. The molecule has 0 spiro atoms. The average Bonchev–Trinajstić information content (AvgIpc) is 2.41. The number of hydrogen-bond donors (Lipinski definition) is 0. The molecule has 1 rings (SSSR count). The van der Waals surface area contributed by atoms with Gasteiger partial charge in [0.1, 0.15) is 0 Å². The van der Waals surface area contributed by atoms with E-state index in [1.165, 1.54) is 38.9 Å². The highest BCUT2D eigenvalue weighted by molar-refractivity contribution is 6.60. The van der Waals surface area contributed by atoms with Gasteiger partial charge in [-0.15, -0.1) is 0 Å². The Hall–Kier alpha value is 0.0569. The molecule has 1 fully saturated rings. The van der Waals surface area contributed by atoms with E-state index in [1.54, 1.807) is 21.3 Å². The van der Waals surface area contributed by atoms with Crippen LogP contribution in [0.15, 0.2) is 0 Å². The van der Waals surface area contributed by atoms with E-state index in [0.29, 0.717) is 0 Å². The molecule has 0 saturated carbocycles. The Morgan fingerprint density at radius 3 is 2.00 bits per heavy atom. The second-order valence-corrected chi connectivity index (χ2v) is 7.80. The van der Waals surface area contributed by atoms with Crippen LogP contribution in [0.4, 0.5) is 0 Å². The fraction of sp³-hybridized carbons (Fsp3) is 1.00. The summed E-state index contributed by atoms with van der Waals surface area (Å²) in [6.45, 7) is 5.89. The highest BCUT2D eigenvalue weighted by Crippen LogP contribution is 2.26. The molecule has 0 atom stereocenters. The lowest BCUT2D eigenvalue weighted by atomic mass is 9.94. The minimum absolute atomic E-state index is 0.810. The Morgan fingerprint density at radius 1 is 1.06 bits per heavy atom. The van der Waals surface area contributed by atoms with Crippen molar-refractivity contribution in [1.82, 2.24) is 4.90 Å². The molecule has 0 unspecified atom stereocenters. The average molecular weight is 261 g/mol. The van der Waals surface area contributed by atoms with Crippen molar-refractivity contribution in [2.24, 2.45) is 5.92 Å². The zero-order valence-electron chi connectivity index (χ0n) is 11.7.